The molecule has 0 saturated carbocycles. The number of carbonyl (C=O) groups is 1. The summed E-state index contributed by atoms with van der Waals surface area (Å²) >= 11 is 1.80. The van der Waals surface area contributed by atoms with Crippen LogP contribution in [-0.4, -0.2) is 41.7 Å². The Morgan fingerprint density at radius 3 is 2.94 bits per heavy atom. The van der Waals surface area contributed by atoms with Gasteiger partial charge in [0.25, 0.3) is 0 Å². The maximum absolute atomic E-state index is 12.1. The maximum Gasteiger partial charge on any atom is 0.412 e. The third-order valence-corrected chi connectivity index (χ3v) is 6.86. The lowest BCUT2D eigenvalue weighted by Gasteiger charge is -2.33. The summed E-state index contributed by atoms with van der Waals surface area (Å²) in [6.45, 7) is 5.10. The zero-order chi connectivity index (χ0) is 21.5. The van der Waals surface area contributed by atoms with Crippen LogP contribution in [0.5, 0.6) is 5.75 Å². The predicted octanol–water partition coefficient (Wildman–Crippen LogP) is 5.43. The fraction of sp³-hybridized carbons (Fsp3) is 0.440. The molecule has 0 bridgehead atoms. The molecule has 1 unspecified atom stereocenters. The zero-order valence-corrected chi connectivity index (χ0v) is 19.0. The van der Waals surface area contributed by atoms with Crippen molar-refractivity contribution in [2.24, 2.45) is 0 Å². The summed E-state index contributed by atoms with van der Waals surface area (Å²) in [6, 6.07) is 14.4. The minimum Gasteiger partial charge on any atom is -0.410 e. The van der Waals surface area contributed by atoms with Gasteiger partial charge in [-0.1, -0.05) is 37.3 Å². The number of thiazole rings is 1. The van der Waals surface area contributed by atoms with Crippen molar-refractivity contribution < 1.29 is 9.53 Å². The van der Waals surface area contributed by atoms with Crippen molar-refractivity contribution in [1.82, 2.24) is 15.2 Å². The van der Waals surface area contributed by atoms with E-state index in [9.17, 15) is 4.79 Å². The topological polar surface area (TPSA) is 54.5 Å². The van der Waals surface area contributed by atoms with Gasteiger partial charge in [-0.15, -0.1) is 11.3 Å². The smallest absolute Gasteiger partial charge is 0.410 e. The van der Waals surface area contributed by atoms with Crippen LogP contribution in [0.15, 0.2) is 48.0 Å². The quantitative estimate of drug-likeness (QED) is 0.453. The second kappa shape index (κ2) is 10.7. The zero-order valence-electron chi connectivity index (χ0n) is 18.2. The lowest BCUT2D eigenvalue weighted by Crippen LogP contribution is -2.40. The number of ether oxygens (including phenoxy) is 1. The standard InChI is InChI=1S/C25H31N3O2S/c1-2-14-28(21-10-12-23-24(17-21)31-18-27-23)15-6-5-13-26-25(29)30-22-11-9-19-7-3-4-8-20(19)16-22/h3-4,7-9,11,16,18,21H,2,5-6,10,12-15,17H2,1H3,(H,26,29). The highest BCUT2D eigenvalue weighted by atomic mass is 32.1. The van der Waals surface area contributed by atoms with E-state index in [0.29, 0.717) is 18.3 Å². The van der Waals surface area contributed by atoms with Crippen LogP contribution in [-0.2, 0) is 12.8 Å². The van der Waals surface area contributed by atoms with Crippen LogP contribution in [0.3, 0.4) is 0 Å². The van der Waals surface area contributed by atoms with E-state index < -0.39 is 0 Å². The predicted molar refractivity (Wildman–Crippen MR) is 127 cm³/mol. The van der Waals surface area contributed by atoms with Crippen molar-refractivity contribution in [1.29, 1.82) is 0 Å². The Kier molecular flexibility index (Phi) is 7.54. The number of fused-ring (bicyclic) bond motifs is 2. The molecule has 1 amide bonds. The van der Waals surface area contributed by atoms with E-state index in [1.165, 1.54) is 23.4 Å². The highest BCUT2D eigenvalue weighted by molar-refractivity contribution is 7.09. The SMILES string of the molecule is CCCN(CCCCNC(=O)Oc1ccc2ccccc2c1)C1CCc2ncsc2C1. The van der Waals surface area contributed by atoms with Gasteiger partial charge in [0.2, 0.25) is 0 Å². The van der Waals surface area contributed by atoms with Gasteiger partial charge in [-0.05, 0) is 74.5 Å². The first kappa shape index (κ1) is 21.8. The molecule has 6 heteroatoms. The van der Waals surface area contributed by atoms with E-state index in [1.807, 2.05) is 48.0 Å². The molecule has 1 atom stereocenters. The van der Waals surface area contributed by atoms with E-state index in [2.05, 4.69) is 22.1 Å². The molecular formula is C25H31N3O2S. The Labute approximate surface area is 188 Å². The van der Waals surface area contributed by atoms with E-state index >= 15 is 0 Å². The molecular weight excluding hydrogens is 406 g/mol. The Morgan fingerprint density at radius 1 is 1.19 bits per heavy atom. The second-order valence-corrected chi connectivity index (χ2v) is 9.13. The number of hydrogen-bond acceptors (Lipinski definition) is 5. The monoisotopic (exact) mass is 437 g/mol. The van der Waals surface area contributed by atoms with Crippen molar-refractivity contribution in [2.45, 2.75) is 51.5 Å². The van der Waals surface area contributed by atoms with Crippen molar-refractivity contribution in [3.05, 3.63) is 58.5 Å². The number of nitrogens with one attached hydrogen (secondary N) is 1. The summed E-state index contributed by atoms with van der Waals surface area (Å²) < 4.78 is 5.44. The van der Waals surface area contributed by atoms with E-state index in [-0.39, 0.29) is 6.09 Å². The highest BCUT2D eigenvalue weighted by Crippen LogP contribution is 2.27. The number of amides is 1. The number of rotatable bonds is 9. The third kappa shape index (κ3) is 5.83. The molecule has 1 aromatic heterocycles. The summed E-state index contributed by atoms with van der Waals surface area (Å²) in [5.41, 5.74) is 3.30. The number of nitrogens with zero attached hydrogens (tertiary/aromatic N) is 2. The summed E-state index contributed by atoms with van der Waals surface area (Å²) in [4.78, 5) is 20.7. The van der Waals surface area contributed by atoms with Crippen LogP contribution in [0.1, 0.15) is 43.2 Å². The number of carbonyl (C=O) groups excluding carboxylic acids is 1. The second-order valence-electron chi connectivity index (χ2n) is 8.19. The lowest BCUT2D eigenvalue weighted by atomic mass is 9.96. The minimum atomic E-state index is -0.384. The van der Waals surface area contributed by atoms with Gasteiger partial charge >= 0.3 is 6.09 Å². The Bertz CT molecular complexity index is 1000. The Balaban J connectivity index is 1.18. The molecule has 1 N–H and O–H groups in total. The number of unbranched alkanes of at least 4 members (excludes halogenated alkanes) is 1. The van der Waals surface area contributed by atoms with Gasteiger partial charge in [-0.3, -0.25) is 0 Å². The summed E-state index contributed by atoms with van der Waals surface area (Å²) in [6.07, 6.45) is 6.25. The first-order valence-corrected chi connectivity index (χ1v) is 12.2. The van der Waals surface area contributed by atoms with Crippen LogP contribution in [0.2, 0.25) is 0 Å². The Morgan fingerprint density at radius 2 is 2.06 bits per heavy atom. The van der Waals surface area contributed by atoms with Crippen molar-refractivity contribution in [2.75, 3.05) is 19.6 Å². The van der Waals surface area contributed by atoms with Gasteiger partial charge in [-0.25, -0.2) is 9.78 Å². The summed E-state index contributed by atoms with van der Waals surface area (Å²) in [7, 11) is 0. The highest BCUT2D eigenvalue weighted by Gasteiger charge is 2.25. The van der Waals surface area contributed by atoms with Gasteiger partial charge in [0.1, 0.15) is 5.75 Å². The van der Waals surface area contributed by atoms with Crippen molar-refractivity contribution in [3.8, 4) is 5.75 Å². The van der Waals surface area contributed by atoms with Crippen LogP contribution in [0.25, 0.3) is 10.8 Å². The van der Waals surface area contributed by atoms with E-state index in [4.69, 9.17) is 4.74 Å². The van der Waals surface area contributed by atoms with Crippen LogP contribution in [0, 0.1) is 0 Å². The fourth-order valence-electron chi connectivity index (χ4n) is 4.36. The molecule has 1 heterocycles. The van der Waals surface area contributed by atoms with Gasteiger partial charge in [0, 0.05) is 17.5 Å². The first-order valence-electron chi connectivity index (χ1n) is 11.3. The average molecular weight is 438 g/mol. The molecule has 0 fully saturated rings. The molecule has 0 aliphatic heterocycles. The van der Waals surface area contributed by atoms with Crippen LogP contribution in [0.4, 0.5) is 4.79 Å². The minimum absolute atomic E-state index is 0.384. The summed E-state index contributed by atoms with van der Waals surface area (Å²) in [5.74, 6) is 0.574. The molecule has 4 rings (SSSR count). The number of benzene rings is 2. The molecule has 1 aliphatic carbocycles. The molecule has 0 saturated heterocycles. The largest absolute Gasteiger partial charge is 0.412 e. The number of aromatic nitrogens is 1. The van der Waals surface area contributed by atoms with Gasteiger partial charge in [0.05, 0.1) is 11.2 Å². The fourth-order valence-corrected chi connectivity index (χ4v) is 5.25. The van der Waals surface area contributed by atoms with Crippen molar-refractivity contribution >= 4 is 28.2 Å². The number of aryl methyl sites for hydroxylation is 1. The average Bonchev–Trinajstić information content (AvgIpc) is 3.26. The third-order valence-electron chi connectivity index (χ3n) is 5.96. The van der Waals surface area contributed by atoms with Gasteiger partial charge < -0.3 is 15.0 Å². The van der Waals surface area contributed by atoms with Crippen LogP contribution >= 0.6 is 11.3 Å². The van der Waals surface area contributed by atoms with Gasteiger partial charge in [-0.2, -0.15) is 0 Å². The Hall–Kier alpha value is -2.44. The molecule has 0 radical (unpaired) electrons. The lowest BCUT2D eigenvalue weighted by molar-refractivity contribution is 0.176. The van der Waals surface area contributed by atoms with E-state index in [1.54, 1.807) is 11.3 Å². The molecule has 1 aliphatic rings. The molecule has 5 nitrogen and oxygen atoms in total. The van der Waals surface area contributed by atoms with Crippen LogP contribution < -0.4 is 10.1 Å². The molecule has 3 aromatic rings. The maximum atomic E-state index is 12.1. The van der Waals surface area contributed by atoms with Gasteiger partial charge in [0.15, 0.2) is 0 Å². The normalized spacial score (nSPS) is 15.7. The molecule has 31 heavy (non-hydrogen) atoms. The van der Waals surface area contributed by atoms with Crippen molar-refractivity contribution in [3.63, 3.8) is 0 Å². The molecule has 2 aromatic carbocycles. The van der Waals surface area contributed by atoms with E-state index in [0.717, 1.165) is 49.5 Å². The first-order chi connectivity index (χ1) is 15.2. The summed E-state index contributed by atoms with van der Waals surface area (Å²) in [5, 5.41) is 5.09. The molecule has 0 spiro atoms. The molecule has 164 valence electrons. The number of hydrogen-bond donors (Lipinski definition) is 1.